The number of benzene rings is 6. The molecule has 77 heavy (non-hydrogen) atoms. The van der Waals surface area contributed by atoms with Gasteiger partial charge in [-0.15, -0.1) is 0 Å². The van der Waals surface area contributed by atoms with Gasteiger partial charge in [-0.25, -0.2) is 19.5 Å². The van der Waals surface area contributed by atoms with Crippen molar-refractivity contribution in [1.29, 1.82) is 0 Å². The van der Waals surface area contributed by atoms with Crippen LogP contribution in [0.15, 0.2) is 91.0 Å². The number of carboxylic acids is 1. The number of amides is 8. The molecule has 10 rings (SSSR count). The predicted molar refractivity (Wildman–Crippen MR) is 264 cm³/mol. The van der Waals surface area contributed by atoms with Crippen LogP contribution in [-0.2, 0) is 10.8 Å². The van der Waals surface area contributed by atoms with Gasteiger partial charge < -0.3 is 5.11 Å². The van der Waals surface area contributed by atoms with E-state index in [1.54, 1.807) is 0 Å². The lowest BCUT2D eigenvalue weighted by Gasteiger charge is -2.33. The number of rotatable bonds is 8. The normalized spacial score (nSPS) is 16.9. The summed E-state index contributed by atoms with van der Waals surface area (Å²) in [7, 11) is 1.20. The van der Waals surface area contributed by atoms with Crippen LogP contribution in [0, 0.1) is 34.6 Å². The Morgan fingerprint density at radius 2 is 0.688 bits per heavy atom. The summed E-state index contributed by atoms with van der Waals surface area (Å²) < 4.78 is 92.9. The molecule has 0 aromatic heterocycles. The number of hydrogen-bond acceptors (Lipinski definition) is 9. The van der Waals surface area contributed by atoms with Gasteiger partial charge in [-0.1, -0.05) is 24.3 Å². The van der Waals surface area contributed by atoms with Gasteiger partial charge in [0.25, 0.3) is 47.3 Å². The topological polar surface area (TPSA) is 187 Å². The van der Waals surface area contributed by atoms with E-state index < -0.39 is 110 Å². The molecule has 6 aromatic carbocycles. The first-order valence-electron chi connectivity index (χ1n) is 23.5. The van der Waals surface area contributed by atoms with E-state index in [1.807, 2.05) is 0 Å². The molecule has 8 amide bonds. The van der Waals surface area contributed by atoms with Crippen LogP contribution < -0.4 is 14.7 Å². The Kier molecular flexibility index (Phi) is 11.2. The molecular formula is C57H40F6N4O10. The molecule has 0 fully saturated rings. The van der Waals surface area contributed by atoms with Crippen LogP contribution in [0.5, 0.6) is 0 Å². The van der Waals surface area contributed by atoms with Crippen molar-refractivity contribution in [2.45, 2.75) is 71.6 Å². The van der Waals surface area contributed by atoms with Crippen molar-refractivity contribution in [3.05, 3.63) is 191 Å². The maximum atomic E-state index is 15.6. The van der Waals surface area contributed by atoms with Crippen molar-refractivity contribution in [2.24, 2.45) is 0 Å². The molecule has 0 radical (unpaired) electrons. The minimum absolute atomic E-state index is 0.00221. The smallest absolute Gasteiger partial charge is 0.402 e. The number of fused-ring (bicyclic) bond motifs is 4. The average Bonchev–Trinajstić information content (AvgIpc) is 4.07. The Hall–Kier alpha value is -9.07. The van der Waals surface area contributed by atoms with Crippen LogP contribution >= 0.6 is 0 Å². The van der Waals surface area contributed by atoms with Crippen LogP contribution in [0.4, 0.5) is 43.4 Å². The lowest BCUT2D eigenvalue weighted by Crippen LogP contribution is -2.41. The Morgan fingerprint density at radius 1 is 0.403 bits per heavy atom. The number of halogens is 6. The Balaban J connectivity index is 0.982. The van der Waals surface area contributed by atoms with Gasteiger partial charge in [-0.2, -0.15) is 26.3 Å². The van der Waals surface area contributed by atoms with Gasteiger partial charge in [0.1, 0.15) is 10.8 Å². The highest BCUT2D eigenvalue weighted by molar-refractivity contribution is 6.37. The first kappa shape index (κ1) is 51.4. The number of anilines is 3. The standard InChI is InChI=1S/C57H40F6N4O10/c1-24-17-29(53(76)77)19-34(18-24)65-47(70)36-14-10-31(21-40(36)50(65)73)55(7,57(61,62)63)33-12-16-38-42(23-33)52(75)67(49(38)72)44-27(4)25(2)43(26(3)28(44)5)66-48(71)37-15-11-32(22-41(37)51(66)74)54(6,56(58,59)60)30-9-13-35-39(20-30)46(69)64(8)45(35)68/h9-23H,1-8H3,(H,76,77). The zero-order valence-electron chi connectivity index (χ0n) is 41.8. The monoisotopic (exact) mass is 1050 g/mol. The Bertz CT molecular complexity index is 3830. The zero-order chi connectivity index (χ0) is 56.2. The minimum atomic E-state index is -5.14. The summed E-state index contributed by atoms with van der Waals surface area (Å²) in [6, 6.07) is 16.0. The van der Waals surface area contributed by atoms with Crippen LogP contribution in [0.25, 0.3) is 0 Å². The van der Waals surface area contributed by atoms with E-state index >= 15 is 26.3 Å². The summed E-state index contributed by atoms with van der Waals surface area (Å²) in [5, 5.41) is 9.59. The molecule has 6 aromatic rings. The van der Waals surface area contributed by atoms with Gasteiger partial charge in [0.2, 0.25) is 0 Å². The number of hydrogen-bond donors (Lipinski definition) is 1. The lowest BCUT2D eigenvalue weighted by atomic mass is 9.74. The largest absolute Gasteiger partial charge is 0.478 e. The van der Waals surface area contributed by atoms with Gasteiger partial charge in [0, 0.05) is 7.05 Å². The molecule has 4 aliphatic heterocycles. The SMILES string of the molecule is Cc1cc(C(=O)O)cc(N2C(=O)c3ccc(C(C)(c4ccc5c(c4)C(=O)N(c4c(C)c(C)c(N6C(=O)c7ccc(C(C)(c8ccc9c(c8)C(=O)N(C)C9=O)C(F)(F)F)cc7C6=O)c(C)c4C)C5=O)C(F)(F)F)cc3C2=O)c1. The molecule has 390 valence electrons. The number of carbonyl (C=O) groups excluding carboxylic acids is 8. The van der Waals surface area contributed by atoms with Gasteiger partial charge in [-0.3, -0.25) is 43.3 Å². The summed E-state index contributed by atoms with van der Waals surface area (Å²) >= 11 is 0. The van der Waals surface area contributed by atoms with Crippen LogP contribution in [0.1, 0.15) is 157 Å². The van der Waals surface area contributed by atoms with E-state index in [1.165, 1.54) is 53.8 Å². The predicted octanol–water partition coefficient (Wildman–Crippen LogP) is 10.3. The molecule has 0 saturated heterocycles. The molecule has 2 atom stereocenters. The summed E-state index contributed by atoms with van der Waals surface area (Å²) in [5.74, 6) is -8.57. The first-order valence-corrected chi connectivity index (χ1v) is 23.5. The highest BCUT2D eigenvalue weighted by Gasteiger charge is 2.57. The lowest BCUT2D eigenvalue weighted by molar-refractivity contribution is -0.173. The van der Waals surface area contributed by atoms with E-state index in [4.69, 9.17) is 0 Å². The second-order valence-electron chi connectivity index (χ2n) is 19.9. The number of alkyl halides is 6. The van der Waals surface area contributed by atoms with Crippen molar-refractivity contribution in [1.82, 2.24) is 4.90 Å². The molecule has 0 saturated carbocycles. The molecule has 20 heteroatoms. The maximum Gasteiger partial charge on any atom is 0.402 e. The summed E-state index contributed by atoms with van der Waals surface area (Å²) in [6.45, 7) is 9.14. The quantitative estimate of drug-likeness (QED) is 0.114. The number of aromatic carboxylic acids is 1. The van der Waals surface area contributed by atoms with Crippen molar-refractivity contribution in [3.8, 4) is 0 Å². The van der Waals surface area contributed by atoms with E-state index in [9.17, 15) is 48.3 Å². The molecule has 0 spiro atoms. The Labute approximate surface area is 433 Å². The fourth-order valence-corrected chi connectivity index (χ4v) is 10.9. The first-order chi connectivity index (χ1) is 35.9. The number of nitrogens with zero attached hydrogens (tertiary/aromatic N) is 4. The minimum Gasteiger partial charge on any atom is -0.478 e. The number of carbonyl (C=O) groups is 9. The third-order valence-electron chi connectivity index (χ3n) is 15.8. The van der Waals surface area contributed by atoms with Gasteiger partial charge in [0.15, 0.2) is 0 Å². The molecule has 0 aliphatic carbocycles. The average molecular weight is 1050 g/mol. The zero-order valence-corrected chi connectivity index (χ0v) is 41.8. The van der Waals surface area contributed by atoms with Crippen LogP contribution in [0.2, 0.25) is 0 Å². The van der Waals surface area contributed by atoms with Crippen molar-refractivity contribution in [2.75, 3.05) is 21.7 Å². The van der Waals surface area contributed by atoms with Crippen molar-refractivity contribution < 1.29 is 74.6 Å². The number of imide groups is 4. The van der Waals surface area contributed by atoms with Gasteiger partial charge in [-0.05, 0) is 165 Å². The van der Waals surface area contributed by atoms with Crippen molar-refractivity contribution in [3.63, 3.8) is 0 Å². The second-order valence-corrected chi connectivity index (χ2v) is 19.9. The number of carboxylic acid groups (broad SMARTS) is 1. The van der Waals surface area contributed by atoms with E-state index in [0.717, 1.165) is 107 Å². The molecule has 1 N–H and O–H groups in total. The maximum absolute atomic E-state index is 15.6. The van der Waals surface area contributed by atoms with Gasteiger partial charge in [0.05, 0.1) is 67.1 Å². The summed E-state index contributed by atoms with van der Waals surface area (Å²) in [6.07, 6.45) is -10.2. The van der Waals surface area contributed by atoms with Crippen molar-refractivity contribution >= 4 is 70.3 Å². The fourth-order valence-electron chi connectivity index (χ4n) is 10.9. The summed E-state index contributed by atoms with van der Waals surface area (Å²) in [5.41, 5.74) is -9.20. The third kappa shape index (κ3) is 6.99. The molecule has 4 aliphatic rings. The second kappa shape index (κ2) is 16.7. The van der Waals surface area contributed by atoms with E-state index in [2.05, 4.69) is 0 Å². The highest BCUT2D eigenvalue weighted by atomic mass is 19.4. The van der Waals surface area contributed by atoms with E-state index in [-0.39, 0.29) is 78.3 Å². The number of aryl methyl sites for hydroxylation is 1. The highest BCUT2D eigenvalue weighted by Crippen LogP contribution is 2.51. The van der Waals surface area contributed by atoms with Crippen LogP contribution in [0.3, 0.4) is 0 Å². The van der Waals surface area contributed by atoms with Gasteiger partial charge >= 0.3 is 18.3 Å². The molecule has 2 unspecified atom stereocenters. The Morgan fingerprint density at radius 3 is 1.03 bits per heavy atom. The summed E-state index contributed by atoms with van der Waals surface area (Å²) in [4.78, 5) is 125. The molecular weight excluding hydrogens is 1010 g/mol. The third-order valence-corrected chi connectivity index (χ3v) is 15.8. The molecule has 4 heterocycles. The fraction of sp³-hybridized carbons (Fsp3) is 0.211. The molecule has 14 nitrogen and oxygen atoms in total. The van der Waals surface area contributed by atoms with Crippen LogP contribution in [-0.4, -0.2) is 82.6 Å². The molecule has 0 bridgehead atoms. The van der Waals surface area contributed by atoms with E-state index in [0.29, 0.717) is 10.5 Å².